The van der Waals surface area contributed by atoms with Crippen LogP contribution in [0.15, 0.2) is 40.8 Å². The number of aryl methyl sites for hydroxylation is 1. The zero-order valence-electron chi connectivity index (χ0n) is 13.2. The number of amides is 1. The maximum atomic E-state index is 12.1. The monoisotopic (exact) mass is 310 g/mol. The first kappa shape index (κ1) is 14.5. The third-order valence-electron chi connectivity index (χ3n) is 5.09. The second-order valence-corrected chi connectivity index (χ2v) is 6.77. The van der Waals surface area contributed by atoms with E-state index in [-0.39, 0.29) is 5.91 Å². The van der Waals surface area contributed by atoms with Crippen LogP contribution in [0.25, 0.3) is 11.1 Å². The largest absolute Gasteiger partial charge is 0.441 e. The molecule has 1 N–H and O–H groups in total. The number of carbonyl (C=O) groups is 1. The summed E-state index contributed by atoms with van der Waals surface area (Å²) in [6.45, 7) is 0.689. The van der Waals surface area contributed by atoms with Crippen molar-refractivity contribution in [3.05, 3.63) is 42.3 Å². The number of oxazole rings is 1. The summed E-state index contributed by atoms with van der Waals surface area (Å²) >= 11 is 0. The van der Waals surface area contributed by atoms with Crippen molar-refractivity contribution in [3.8, 4) is 0 Å². The lowest BCUT2D eigenvalue weighted by molar-refractivity contribution is -0.122. The number of para-hydroxylation sites is 2. The van der Waals surface area contributed by atoms with E-state index in [0.717, 1.165) is 35.7 Å². The van der Waals surface area contributed by atoms with Gasteiger partial charge >= 0.3 is 0 Å². The first-order valence-electron chi connectivity index (χ1n) is 8.57. The summed E-state index contributed by atoms with van der Waals surface area (Å²) in [5.41, 5.74) is 1.73. The minimum atomic E-state index is 0.188. The highest BCUT2D eigenvalue weighted by Crippen LogP contribution is 2.44. The van der Waals surface area contributed by atoms with E-state index < -0.39 is 0 Å². The molecule has 120 valence electrons. The van der Waals surface area contributed by atoms with Crippen LogP contribution in [0.3, 0.4) is 0 Å². The Morgan fingerprint density at radius 1 is 1.26 bits per heavy atom. The number of carbonyl (C=O) groups excluding carboxylic acids is 1. The highest BCUT2D eigenvalue weighted by molar-refractivity contribution is 5.76. The van der Waals surface area contributed by atoms with Crippen molar-refractivity contribution in [3.63, 3.8) is 0 Å². The van der Waals surface area contributed by atoms with E-state index in [4.69, 9.17) is 4.42 Å². The molecule has 1 heterocycles. The minimum absolute atomic E-state index is 0.188. The second-order valence-electron chi connectivity index (χ2n) is 6.77. The van der Waals surface area contributed by atoms with Gasteiger partial charge < -0.3 is 9.73 Å². The first-order valence-corrected chi connectivity index (χ1v) is 8.57. The molecule has 1 fully saturated rings. The zero-order valence-corrected chi connectivity index (χ0v) is 13.2. The fourth-order valence-corrected chi connectivity index (χ4v) is 3.93. The lowest BCUT2D eigenvalue weighted by Crippen LogP contribution is -2.27. The normalized spacial score (nSPS) is 25.3. The number of fused-ring (bicyclic) bond motifs is 3. The average Bonchev–Trinajstić information content (AvgIpc) is 3.25. The summed E-state index contributed by atoms with van der Waals surface area (Å²) in [6.07, 6.45) is 9.36. The SMILES string of the molecule is O=C(C[C@@H]1C[C@@H]2C=C[C@H]1C2)NCCCc1nc2ccccc2o1. The van der Waals surface area contributed by atoms with Gasteiger partial charge in [-0.15, -0.1) is 0 Å². The fraction of sp³-hybridized carbons (Fsp3) is 0.474. The van der Waals surface area contributed by atoms with Gasteiger partial charge in [0.2, 0.25) is 5.91 Å². The van der Waals surface area contributed by atoms with Crippen molar-refractivity contribution in [1.82, 2.24) is 10.3 Å². The number of hydrogen-bond acceptors (Lipinski definition) is 3. The third kappa shape index (κ3) is 3.16. The molecule has 2 aromatic rings. The van der Waals surface area contributed by atoms with Crippen LogP contribution < -0.4 is 5.32 Å². The van der Waals surface area contributed by atoms with Gasteiger partial charge in [-0.1, -0.05) is 24.3 Å². The smallest absolute Gasteiger partial charge is 0.220 e. The summed E-state index contributed by atoms with van der Waals surface area (Å²) in [6, 6.07) is 7.79. The maximum absolute atomic E-state index is 12.1. The molecule has 23 heavy (non-hydrogen) atoms. The summed E-state index contributed by atoms with van der Waals surface area (Å²) in [4.78, 5) is 16.5. The van der Waals surface area contributed by atoms with E-state index in [1.54, 1.807) is 0 Å². The molecule has 4 rings (SSSR count). The van der Waals surface area contributed by atoms with Crippen molar-refractivity contribution in [2.75, 3.05) is 6.54 Å². The first-order chi connectivity index (χ1) is 11.3. The minimum Gasteiger partial charge on any atom is -0.441 e. The molecular weight excluding hydrogens is 288 g/mol. The fourth-order valence-electron chi connectivity index (χ4n) is 3.93. The summed E-state index contributed by atoms with van der Waals surface area (Å²) < 4.78 is 5.68. The Morgan fingerprint density at radius 3 is 2.96 bits per heavy atom. The van der Waals surface area contributed by atoms with E-state index in [1.165, 1.54) is 12.8 Å². The van der Waals surface area contributed by atoms with Crippen LogP contribution >= 0.6 is 0 Å². The van der Waals surface area contributed by atoms with Gasteiger partial charge in [-0.2, -0.15) is 0 Å². The highest BCUT2D eigenvalue weighted by atomic mass is 16.3. The predicted octanol–water partition coefficient (Wildman–Crippen LogP) is 3.48. The Kier molecular flexibility index (Phi) is 3.90. The van der Waals surface area contributed by atoms with Crippen LogP contribution in [0.4, 0.5) is 0 Å². The Morgan fingerprint density at radius 2 is 2.17 bits per heavy atom. The molecule has 2 aliphatic rings. The summed E-state index contributed by atoms with van der Waals surface area (Å²) in [7, 11) is 0. The number of rotatable bonds is 6. The molecule has 1 aromatic carbocycles. The standard InChI is InChI=1S/C19H22N2O2/c22-18(12-15-11-13-7-8-14(15)10-13)20-9-3-6-19-21-16-4-1-2-5-17(16)23-19/h1-2,4-5,7-8,13-15H,3,6,9-12H2,(H,20,22)/t13-,14+,15+/m1/s1. The van der Waals surface area contributed by atoms with Gasteiger partial charge in [0.05, 0.1) is 0 Å². The number of nitrogens with one attached hydrogen (secondary N) is 1. The second kappa shape index (κ2) is 6.19. The number of nitrogens with zero attached hydrogens (tertiary/aromatic N) is 1. The van der Waals surface area contributed by atoms with E-state index >= 15 is 0 Å². The topological polar surface area (TPSA) is 55.1 Å². The van der Waals surface area contributed by atoms with E-state index in [0.29, 0.717) is 24.8 Å². The zero-order chi connectivity index (χ0) is 15.6. The predicted molar refractivity (Wildman–Crippen MR) is 88.8 cm³/mol. The van der Waals surface area contributed by atoms with Gasteiger partial charge in [-0.3, -0.25) is 4.79 Å². The Labute approximate surface area is 136 Å². The van der Waals surface area contributed by atoms with Crippen LogP contribution in [0.1, 0.15) is 31.6 Å². The van der Waals surface area contributed by atoms with Gasteiger partial charge in [0, 0.05) is 19.4 Å². The summed E-state index contributed by atoms with van der Waals surface area (Å²) in [5, 5.41) is 3.04. The Balaban J connectivity index is 1.19. The van der Waals surface area contributed by atoms with Crippen molar-refractivity contribution < 1.29 is 9.21 Å². The van der Waals surface area contributed by atoms with E-state index in [9.17, 15) is 4.79 Å². The molecule has 1 saturated carbocycles. The number of allylic oxidation sites excluding steroid dienone is 2. The van der Waals surface area contributed by atoms with Crippen LogP contribution in [0.5, 0.6) is 0 Å². The van der Waals surface area contributed by atoms with Gasteiger partial charge in [0.1, 0.15) is 5.52 Å². The molecule has 0 unspecified atom stereocenters. The van der Waals surface area contributed by atoms with Gasteiger partial charge in [0.25, 0.3) is 0 Å². The summed E-state index contributed by atoms with van der Waals surface area (Å²) in [5.74, 6) is 2.87. The number of benzene rings is 1. The molecule has 1 aromatic heterocycles. The van der Waals surface area contributed by atoms with E-state index in [2.05, 4.69) is 22.5 Å². The molecule has 0 spiro atoms. The van der Waals surface area contributed by atoms with Gasteiger partial charge in [0.15, 0.2) is 11.5 Å². The molecular formula is C19H22N2O2. The number of hydrogen-bond donors (Lipinski definition) is 1. The Bertz CT molecular complexity index is 701. The molecule has 4 heteroatoms. The van der Waals surface area contributed by atoms with Crippen molar-refractivity contribution in [1.29, 1.82) is 0 Å². The van der Waals surface area contributed by atoms with Crippen molar-refractivity contribution >= 4 is 17.0 Å². The van der Waals surface area contributed by atoms with Crippen LogP contribution in [0, 0.1) is 17.8 Å². The van der Waals surface area contributed by atoms with Gasteiger partial charge in [-0.05, 0) is 49.1 Å². The molecule has 2 bridgehead atoms. The molecule has 4 nitrogen and oxygen atoms in total. The highest BCUT2D eigenvalue weighted by Gasteiger charge is 2.36. The van der Waals surface area contributed by atoms with Gasteiger partial charge in [-0.25, -0.2) is 4.98 Å². The van der Waals surface area contributed by atoms with Crippen molar-refractivity contribution in [2.45, 2.75) is 32.1 Å². The van der Waals surface area contributed by atoms with Crippen LogP contribution in [-0.2, 0) is 11.2 Å². The molecule has 3 atom stereocenters. The molecule has 0 aliphatic heterocycles. The van der Waals surface area contributed by atoms with Crippen molar-refractivity contribution in [2.24, 2.45) is 17.8 Å². The molecule has 0 saturated heterocycles. The number of aromatic nitrogens is 1. The van der Waals surface area contributed by atoms with E-state index in [1.807, 2.05) is 24.3 Å². The Hall–Kier alpha value is -2.10. The lowest BCUT2D eigenvalue weighted by Gasteiger charge is -2.17. The molecule has 0 radical (unpaired) electrons. The maximum Gasteiger partial charge on any atom is 0.220 e. The van der Waals surface area contributed by atoms with Crippen LogP contribution in [0.2, 0.25) is 0 Å². The lowest BCUT2D eigenvalue weighted by atomic mass is 9.90. The van der Waals surface area contributed by atoms with Crippen LogP contribution in [-0.4, -0.2) is 17.4 Å². The third-order valence-corrected chi connectivity index (χ3v) is 5.09. The molecule has 2 aliphatic carbocycles. The quantitative estimate of drug-likeness (QED) is 0.656. The average molecular weight is 310 g/mol. The molecule has 1 amide bonds.